The number of aliphatic hydroxyl groups excluding tert-OH is 2. The lowest BCUT2D eigenvalue weighted by Gasteiger charge is -2.17. The Bertz CT molecular complexity index is 1060. The van der Waals surface area contributed by atoms with E-state index in [1.165, 1.54) is 0 Å². The highest BCUT2D eigenvalue weighted by Gasteiger charge is 2.19. The number of nitrogens with zero attached hydrogens (tertiary/aromatic N) is 3. The van der Waals surface area contributed by atoms with Crippen molar-refractivity contribution >= 4 is 17.5 Å². The van der Waals surface area contributed by atoms with E-state index in [2.05, 4.69) is 15.1 Å². The quantitative estimate of drug-likeness (QED) is 0.447. The van der Waals surface area contributed by atoms with Crippen molar-refractivity contribution in [1.29, 1.82) is 0 Å². The number of carbonyl (C=O) groups excluding carboxylic acids is 1. The number of primary amides is 1. The van der Waals surface area contributed by atoms with Crippen molar-refractivity contribution in [3.05, 3.63) is 46.2 Å². The molecule has 3 aromatic rings. The Labute approximate surface area is 183 Å². The minimum atomic E-state index is -1.42. The monoisotopic (exact) mass is 446 g/mol. The number of nitrogens with two attached hydrogens (primary N) is 1. The first kappa shape index (κ1) is 22.7. The van der Waals surface area contributed by atoms with Crippen molar-refractivity contribution in [2.75, 3.05) is 6.61 Å². The molecule has 1 amide bonds. The molecule has 0 aliphatic heterocycles. The van der Waals surface area contributed by atoms with Gasteiger partial charge in [-0.25, -0.2) is 4.98 Å². The molecule has 4 N–H and O–H groups in total. The van der Waals surface area contributed by atoms with Crippen molar-refractivity contribution in [1.82, 2.24) is 15.1 Å². The molecule has 9 nitrogen and oxygen atoms in total. The lowest BCUT2D eigenvalue weighted by atomic mass is 10.1. The second kappa shape index (κ2) is 9.42. The zero-order chi connectivity index (χ0) is 22.7. The summed E-state index contributed by atoms with van der Waals surface area (Å²) in [7, 11) is 0. The number of aromatic nitrogens is 3. The lowest BCUT2D eigenvalue weighted by molar-refractivity contribution is -0.127. The second-order valence-electron chi connectivity index (χ2n) is 7.30. The maximum absolute atomic E-state index is 10.9. The smallest absolute Gasteiger partial charge is 0.258 e. The average molecular weight is 447 g/mol. The molecular weight excluding hydrogens is 424 g/mol. The van der Waals surface area contributed by atoms with Gasteiger partial charge in [0.15, 0.2) is 0 Å². The molecule has 2 heterocycles. The number of halogens is 1. The molecule has 1 aromatic carbocycles. The van der Waals surface area contributed by atoms with Crippen LogP contribution in [0, 0.1) is 20.8 Å². The summed E-state index contributed by atoms with van der Waals surface area (Å²) in [5, 5.41) is 23.8. The Hall–Kier alpha value is -3.01. The molecule has 0 radical (unpaired) electrons. The average Bonchev–Trinajstić information content (AvgIpc) is 3.16. The predicted octanol–water partition coefficient (Wildman–Crippen LogP) is 2.35. The van der Waals surface area contributed by atoms with E-state index in [1.807, 2.05) is 32.9 Å². The topological polar surface area (TPSA) is 145 Å². The van der Waals surface area contributed by atoms with E-state index in [4.69, 9.17) is 26.6 Å². The van der Waals surface area contributed by atoms with Gasteiger partial charge in [-0.2, -0.15) is 4.98 Å². The highest BCUT2D eigenvalue weighted by Crippen LogP contribution is 2.30. The Kier molecular flexibility index (Phi) is 6.89. The first-order valence-electron chi connectivity index (χ1n) is 9.52. The second-order valence-corrected chi connectivity index (χ2v) is 7.69. The van der Waals surface area contributed by atoms with Gasteiger partial charge in [0.1, 0.15) is 23.6 Å². The number of rotatable bonds is 8. The summed E-state index contributed by atoms with van der Waals surface area (Å²) in [6.45, 7) is 5.43. The standard InChI is InChI=1S/C21H23ClN4O5/c1-10-4-13(5-11(2)18(10)30-9-15(27)8-16(28)19(23)29)20-25-21(31-26-20)14-6-12(3)24-17(22)7-14/h4-7,15-16,27-28H,8-9H2,1-3H3,(H2,23,29)/t15-,16?/m1/s1. The third-order valence-electron chi connectivity index (χ3n) is 4.56. The van der Waals surface area contributed by atoms with Crippen LogP contribution in [0.2, 0.25) is 5.15 Å². The molecule has 0 fully saturated rings. The van der Waals surface area contributed by atoms with Crippen LogP contribution in [0.3, 0.4) is 0 Å². The Morgan fingerprint density at radius 1 is 1.13 bits per heavy atom. The number of hydrogen-bond donors (Lipinski definition) is 3. The van der Waals surface area contributed by atoms with E-state index in [0.717, 1.165) is 22.4 Å². The minimum absolute atomic E-state index is 0.0973. The van der Waals surface area contributed by atoms with Crippen LogP contribution in [-0.4, -0.2) is 50.1 Å². The first-order chi connectivity index (χ1) is 14.6. The number of aliphatic hydroxyl groups is 2. The molecule has 164 valence electrons. The molecule has 0 aliphatic rings. The van der Waals surface area contributed by atoms with Gasteiger partial charge in [0.05, 0.1) is 6.10 Å². The van der Waals surface area contributed by atoms with Gasteiger partial charge in [-0.1, -0.05) is 16.8 Å². The summed E-state index contributed by atoms with van der Waals surface area (Å²) in [5.74, 6) is 0.424. The highest BCUT2D eigenvalue weighted by molar-refractivity contribution is 6.29. The number of aryl methyl sites for hydroxylation is 3. The number of hydrogen-bond acceptors (Lipinski definition) is 8. The molecule has 0 bridgehead atoms. The molecule has 2 aromatic heterocycles. The van der Waals surface area contributed by atoms with Crippen LogP contribution in [0.15, 0.2) is 28.8 Å². The van der Waals surface area contributed by atoms with Crippen LogP contribution >= 0.6 is 11.6 Å². The van der Waals surface area contributed by atoms with Crippen molar-refractivity contribution in [3.63, 3.8) is 0 Å². The van der Waals surface area contributed by atoms with Gasteiger partial charge in [-0.3, -0.25) is 4.79 Å². The third-order valence-corrected chi connectivity index (χ3v) is 4.75. The zero-order valence-corrected chi connectivity index (χ0v) is 18.1. The van der Waals surface area contributed by atoms with Gasteiger partial charge < -0.3 is 25.2 Å². The van der Waals surface area contributed by atoms with E-state index >= 15 is 0 Å². The van der Waals surface area contributed by atoms with Gasteiger partial charge in [0, 0.05) is 23.2 Å². The number of benzene rings is 1. The fourth-order valence-electron chi connectivity index (χ4n) is 3.14. The highest BCUT2D eigenvalue weighted by atomic mass is 35.5. The molecule has 31 heavy (non-hydrogen) atoms. The molecule has 0 saturated carbocycles. The third kappa shape index (κ3) is 5.57. The molecule has 10 heteroatoms. The molecule has 0 spiro atoms. The summed E-state index contributed by atoms with van der Waals surface area (Å²) in [6.07, 6.45) is -2.67. The summed E-state index contributed by atoms with van der Waals surface area (Å²) in [4.78, 5) is 19.5. The Morgan fingerprint density at radius 3 is 2.42 bits per heavy atom. The fraction of sp³-hybridized carbons (Fsp3) is 0.333. The van der Waals surface area contributed by atoms with E-state index in [1.54, 1.807) is 12.1 Å². The van der Waals surface area contributed by atoms with Crippen LogP contribution in [0.1, 0.15) is 23.2 Å². The normalized spacial score (nSPS) is 13.1. The van der Waals surface area contributed by atoms with E-state index in [0.29, 0.717) is 28.2 Å². The van der Waals surface area contributed by atoms with E-state index in [-0.39, 0.29) is 13.0 Å². The van der Waals surface area contributed by atoms with Gasteiger partial charge in [-0.05, 0) is 56.2 Å². The van der Waals surface area contributed by atoms with Gasteiger partial charge >= 0.3 is 0 Å². The zero-order valence-electron chi connectivity index (χ0n) is 17.3. The van der Waals surface area contributed by atoms with E-state index in [9.17, 15) is 15.0 Å². The van der Waals surface area contributed by atoms with Crippen LogP contribution in [0.25, 0.3) is 22.8 Å². The maximum Gasteiger partial charge on any atom is 0.258 e. The number of pyridine rings is 1. The van der Waals surface area contributed by atoms with Crippen LogP contribution in [-0.2, 0) is 4.79 Å². The van der Waals surface area contributed by atoms with Crippen LogP contribution in [0.5, 0.6) is 5.75 Å². The molecule has 0 aliphatic carbocycles. The predicted molar refractivity (Wildman–Crippen MR) is 114 cm³/mol. The summed E-state index contributed by atoms with van der Waals surface area (Å²) >= 11 is 6.01. The molecule has 3 rings (SSSR count). The van der Waals surface area contributed by atoms with Crippen molar-refractivity contribution in [2.24, 2.45) is 5.73 Å². The first-order valence-corrected chi connectivity index (χ1v) is 9.90. The molecular formula is C21H23ClN4O5. The summed E-state index contributed by atoms with van der Waals surface area (Å²) < 4.78 is 11.1. The van der Waals surface area contributed by atoms with Crippen molar-refractivity contribution in [2.45, 2.75) is 39.4 Å². The van der Waals surface area contributed by atoms with E-state index < -0.39 is 18.1 Å². The number of ether oxygens (including phenoxy) is 1. The molecule has 1 unspecified atom stereocenters. The number of amides is 1. The largest absolute Gasteiger partial charge is 0.490 e. The molecule has 2 atom stereocenters. The van der Waals surface area contributed by atoms with Gasteiger partial charge in [-0.15, -0.1) is 0 Å². The molecule has 0 saturated heterocycles. The summed E-state index contributed by atoms with van der Waals surface area (Å²) in [5.41, 5.74) is 8.74. The van der Waals surface area contributed by atoms with Crippen molar-refractivity contribution < 1.29 is 24.3 Å². The van der Waals surface area contributed by atoms with Gasteiger partial charge in [0.2, 0.25) is 11.7 Å². The maximum atomic E-state index is 10.9. The van der Waals surface area contributed by atoms with Crippen LogP contribution in [0.4, 0.5) is 0 Å². The lowest BCUT2D eigenvalue weighted by Crippen LogP contribution is -2.33. The fourth-order valence-corrected chi connectivity index (χ4v) is 3.39. The summed E-state index contributed by atoms with van der Waals surface area (Å²) in [6, 6.07) is 7.13. The Balaban J connectivity index is 1.76. The minimum Gasteiger partial charge on any atom is -0.490 e. The Morgan fingerprint density at radius 2 is 1.81 bits per heavy atom. The van der Waals surface area contributed by atoms with Gasteiger partial charge in [0.25, 0.3) is 5.89 Å². The van der Waals surface area contributed by atoms with Crippen molar-refractivity contribution in [3.8, 4) is 28.6 Å². The number of carbonyl (C=O) groups is 1. The van der Waals surface area contributed by atoms with Crippen LogP contribution < -0.4 is 10.5 Å². The SMILES string of the molecule is Cc1cc(-c2nc(-c3cc(C)c(OC[C@H](O)CC(O)C(N)=O)c(C)c3)no2)cc(Cl)n1.